The molecule has 0 unspecified atom stereocenters. The summed E-state index contributed by atoms with van der Waals surface area (Å²) in [6, 6.07) is 0. The van der Waals surface area contributed by atoms with E-state index < -0.39 is 0 Å². The van der Waals surface area contributed by atoms with Crippen LogP contribution in [0.15, 0.2) is 10.1 Å². The van der Waals surface area contributed by atoms with Gasteiger partial charge in [0.05, 0.1) is 0 Å². The summed E-state index contributed by atoms with van der Waals surface area (Å²) in [7, 11) is 0. The monoisotopic (exact) mass is 113 g/mol. The van der Waals surface area contributed by atoms with Crippen LogP contribution in [0.25, 0.3) is 0 Å². The van der Waals surface area contributed by atoms with Crippen LogP contribution in [0, 0.1) is 0 Å². The van der Waals surface area contributed by atoms with E-state index >= 15 is 0 Å². The Morgan fingerprint density at radius 2 is 1.88 bits per heavy atom. The van der Waals surface area contributed by atoms with Crippen LogP contribution in [0.5, 0.6) is 0 Å². The minimum absolute atomic E-state index is 0.373. The lowest BCUT2D eigenvalue weighted by atomic mass is 10.3. The number of hydrogen-bond donors (Lipinski definition) is 1. The summed E-state index contributed by atoms with van der Waals surface area (Å²) in [4.78, 5) is 3.72. The van der Waals surface area contributed by atoms with E-state index in [1.807, 2.05) is 13.8 Å². The number of hydrogen-bond acceptors (Lipinski definition) is 3. The quantitative estimate of drug-likeness (QED) is 0.423. The zero-order valence-corrected chi connectivity index (χ0v) is 5.31. The molecule has 46 valence electrons. The molecule has 0 aromatic carbocycles. The zero-order valence-electron chi connectivity index (χ0n) is 5.31. The third kappa shape index (κ3) is 2.34. The molecule has 8 heavy (non-hydrogen) atoms. The van der Waals surface area contributed by atoms with E-state index in [1.54, 1.807) is 0 Å². The summed E-state index contributed by atoms with van der Waals surface area (Å²) in [5.74, 6) is 0. The van der Waals surface area contributed by atoms with E-state index in [-0.39, 0.29) is 5.66 Å². The summed E-state index contributed by atoms with van der Waals surface area (Å²) in [6.07, 6.45) is 0. The van der Waals surface area contributed by atoms with Gasteiger partial charge >= 0.3 is 0 Å². The molecule has 0 heterocycles. The van der Waals surface area contributed by atoms with Crippen molar-refractivity contribution < 1.29 is 0 Å². The van der Waals surface area contributed by atoms with Gasteiger partial charge in [0.2, 0.25) is 0 Å². The Labute approximate surface area is 49.5 Å². The molecule has 0 aromatic rings. The van der Waals surface area contributed by atoms with E-state index in [0.29, 0.717) is 0 Å². The molecule has 0 fully saturated rings. The maximum atomic E-state index is 3.72. The van der Waals surface area contributed by atoms with Gasteiger partial charge < -0.3 is 0 Å². The van der Waals surface area contributed by atoms with Crippen molar-refractivity contribution in [2.45, 2.75) is 19.5 Å². The largest absolute Gasteiger partial charge is 0.284 e. The van der Waals surface area contributed by atoms with E-state index in [2.05, 4.69) is 29.0 Å². The first kappa shape index (κ1) is 7.14. The predicted octanol–water partition coefficient (Wildman–Crippen LogP) is 0.628. The SMILES string of the molecule is C=NNC(C)(C)N=C. The van der Waals surface area contributed by atoms with Gasteiger partial charge in [0.15, 0.2) is 0 Å². The van der Waals surface area contributed by atoms with Crippen LogP contribution in [0.1, 0.15) is 13.8 Å². The highest BCUT2D eigenvalue weighted by Crippen LogP contribution is 1.99. The van der Waals surface area contributed by atoms with Crippen LogP contribution in [0.4, 0.5) is 0 Å². The van der Waals surface area contributed by atoms with Gasteiger partial charge in [-0.1, -0.05) is 0 Å². The molecule has 0 spiro atoms. The molecular formula is C5H11N3. The summed E-state index contributed by atoms with van der Waals surface area (Å²) in [5.41, 5.74) is 2.28. The van der Waals surface area contributed by atoms with Crippen LogP contribution in [0.3, 0.4) is 0 Å². The second-order valence-electron chi connectivity index (χ2n) is 1.99. The molecule has 0 atom stereocenters. The van der Waals surface area contributed by atoms with Gasteiger partial charge in [0, 0.05) is 6.72 Å². The van der Waals surface area contributed by atoms with Gasteiger partial charge in [-0.2, -0.15) is 5.10 Å². The van der Waals surface area contributed by atoms with Crippen molar-refractivity contribution in [1.82, 2.24) is 5.43 Å². The molecule has 0 rings (SSSR count). The van der Waals surface area contributed by atoms with Crippen molar-refractivity contribution in [3.05, 3.63) is 0 Å². The number of nitrogens with zero attached hydrogens (tertiary/aromatic N) is 2. The van der Waals surface area contributed by atoms with Crippen molar-refractivity contribution in [2.24, 2.45) is 10.1 Å². The fourth-order valence-electron chi connectivity index (χ4n) is 0.229. The van der Waals surface area contributed by atoms with Gasteiger partial charge in [0.25, 0.3) is 0 Å². The minimum Gasteiger partial charge on any atom is -0.284 e. The second-order valence-corrected chi connectivity index (χ2v) is 1.99. The number of aliphatic imine (C=N–C) groups is 1. The molecule has 1 N–H and O–H groups in total. The first-order chi connectivity index (χ1) is 3.62. The Morgan fingerprint density at radius 3 is 2.00 bits per heavy atom. The van der Waals surface area contributed by atoms with Crippen LogP contribution in [0.2, 0.25) is 0 Å². The Balaban J connectivity index is 3.70. The highest BCUT2D eigenvalue weighted by Gasteiger charge is 2.09. The summed E-state index contributed by atoms with van der Waals surface area (Å²) < 4.78 is 0. The topological polar surface area (TPSA) is 36.8 Å². The highest BCUT2D eigenvalue weighted by molar-refractivity contribution is 5.26. The standard InChI is InChI=1S/C5H11N3/c1-5(2,6-3)8-7-4/h8H,3-4H2,1-2H3. The number of nitrogens with one attached hydrogen (secondary N) is 1. The van der Waals surface area contributed by atoms with Crippen molar-refractivity contribution in [2.75, 3.05) is 0 Å². The van der Waals surface area contributed by atoms with Crippen LogP contribution in [-0.4, -0.2) is 19.1 Å². The molecule has 0 aromatic heterocycles. The average Bonchev–Trinajstić information content (AvgIpc) is 1.67. The third-order valence-electron chi connectivity index (χ3n) is 0.748. The first-order valence-corrected chi connectivity index (χ1v) is 2.33. The molecule has 3 nitrogen and oxygen atoms in total. The molecule has 0 bridgehead atoms. The maximum Gasteiger partial charge on any atom is 0.138 e. The Bertz CT molecular complexity index is 95.8. The molecule has 0 aliphatic heterocycles. The normalized spacial score (nSPS) is 10.2. The van der Waals surface area contributed by atoms with Gasteiger partial charge in [-0.15, -0.1) is 0 Å². The third-order valence-corrected chi connectivity index (χ3v) is 0.748. The Hall–Kier alpha value is -0.860. The number of hydrazone groups is 1. The van der Waals surface area contributed by atoms with Gasteiger partial charge in [-0.3, -0.25) is 10.4 Å². The lowest BCUT2D eigenvalue weighted by Gasteiger charge is -2.16. The zero-order chi connectivity index (χ0) is 6.62. The highest BCUT2D eigenvalue weighted by atomic mass is 15.4. The lowest BCUT2D eigenvalue weighted by molar-refractivity contribution is 0.425. The summed E-state index contributed by atoms with van der Waals surface area (Å²) in [6.45, 7) is 10.3. The molecule has 0 radical (unpaired) electrons. The fourth-order valence-corrected chi connectivity index (χ4v) is 0.229. The first-order valence-electron chi connectivity index (χ1n) is 2.33. The van der Waals surface area contributed by atoms with Crippen LogP contribution < -0.4 is 5.43 Å². The average molecular weight is 113 g/mol. The van der Waals surface area contributed by atoms with Crippen molar-refractivity contribution in [1.29, 1.82) is 0 Å². The van der Waals surface area contributed by atoms with Crippen molar-refractivity contribution in [3.8, 4) is 0 Å². The fraction of sp³-hybridized carbons (Fsp3) is 0.600. The molecule has 3 heteroatoms. The molecule has 0 aliphatic carbocycles. The van der Waals surface area contributed by atoms with E-state index in [4.69, 9.17) is 0 Å². The molecule has 0 saturated heterocycles. The van der Waals surface area contributed by atoms with Crippen molar-refractivity contribution >= 4 is 13.4 Å². The number of rotatable bonds is 3. The molecular weight excluding hydrogens is 102 g/mol. The van der Waals surface area contributed by atoms with Crippen molar-refractivity contribution in [3.63, 3.8) is 0 Å². The molecule has 0 aliphatic rings. The van der Waals surface area contributed by atoms with E-state index in [1.165, 1.54) is 0 Å². The second kappa shape index (κ2) is 2.45. The Morgan fingerprint density at radius 1 is 1.38 bits per heavy atom. The maximum absolute atomic E-state index is 3.72. The Kier molecular flexibility index (Phi) is 2.19. The molecule has 0 amide bonds. The van der Waals surface area contributed by atoms with Gasteiger partial charge in [-0.25, -0.2) is 0 Å². The smallest absolute Gasteiger partial charge is 0.138 e. The van der Waals surface area contributed by atoms with E-state index in [9.17, 15) is 0 Å². The summed E-state index contributed by atoms with van der Waals surface area (Å²) >= 11 is 0. The van der Waals surface area contributed by atoms with E-state index in [0.717, 1.165) is 0 Å². The summed E-state index contributed by atoms with van der Waals surface area (Å²) in [5, 5.41) is 3.44. The molecule has 0 saturated carbocycles. The van der Waals surface area contributed by atoms with Gasteiger partial charge in [-0.05, 0) is 20.6 Å². The van der Waals surface area contributed by atoms with Gasteiger partial charge in [0.1, 0.15) is 5.66 Å². The van der Waals surface area contributed by atoms with Crippen LogP contribution in [-0.2, 0) is 0 Å². The lowest BCUT2D eigenvalue weighted by Crippen LogP contribution is -2.32. The van der Waals surface area contributed by atoms with Crippen LogP contribution >= 0.6 is 0 Å². The predicted molar refractivity (Wildman–Crippen MR) is 36.3 cm³/mol. The minimum atomic E-state index is -0.373.